The third-order valence-electron chi connectivity index (χ3n) is 4.17. The van der Waals surface area contributed by atoms with Crippen LogP contribution in [0.5, 0.6) is 0 Å². The highest BCUT2D eigenvalue weighted by Gasteiger charge is 2.33. The highest BCUT2D eigenvalue weighted by atomic mass is 15.1. The van der Waals surface area contributed by atoms with Gasteiger partial charge in [-0.1, -0.05) is 38.1 Å². The molecule has 3 rings (SSSR count). The van der Waals surface area contributed by atoms with Crippen LogP contribution in [0.1, 0.15) is 49.4 Å². The molecule has 3 unspecified atom stereocenters. The number of rotatable bonds is 3. The number of aromatic nitrogens is 2. The first-order valence-electron chi connectivity index (χ1n) is 7.11. The molecule has 2 aromatic rings. The Morgan fingerprint density at radius 1 is 1.32 bits per heavy atom. The lowest BCUT2D eigenvalue weighted by molar-refractivity contribution is 0.301. The molecule has 0 bridgehead atoms. The number of hydrogen-bond donors (Lipinski definition) is 1. The summed E-state index contributed by atoms with van der Waals surface area (Å²) >= 11 is 0. The highest BCUT2D eigenvalue weighted by molar-refractivity contribution is 5.36. The van der Waals surface area contributed by atoms with Gasteiger partial charge in [0.05, 0.1) is 18.4 Å². The van der Waals surface area contributed by atoms with Crippen LogP contribution in [0.4, 0.5) is 0 Å². The summed E-state index contributed by atoms with van der Waals surface area (Å²) in [6, 6.07) is 9.66. The molecule has 3 heteroatoms. The molecule has 3 nitrogen and oxygen atoms in total. The van der Waals surface area contributed by atoms with Crippen molar-refractivity contribution < 1.29 is 0 Å². The molecule has 0 saturated carbocycles. The highest BCUT2D eigenvalue weighted by Crippen LogP contribution is 2.43. The Kier molecular flexibility index (Phi) is 3.38. The third-order valence-corrected chi connectivity index (χ3v) is 4.17. The van der Waals surface area contributed by atoms with Crippen LogP contribution in [0, 0.1) is 0 Å². The smallest absolute Gasteiger partial charge is 0.0949 e. The number of nitrogens with one attached hydrogen (secondary N) is 1. The van der Waals surface area contributed by atoms with Gasteiger partial charge < -0.3 is 9.88 Å². The predicted molar refractivity (Wildman–Crippen MR) is 77.2 cm³/mol. The molecule has 3 atom stereocenters. The van der Waals surface area contributed by atoms with Crippen LogP contribution in [0.2, 0.25) is 0 Å². The molecule has 0 saturated heterocycles. The van der Waals surface area contributed by atoms with E-state index in [2.05, 4.69) is 59.2 Å². The van der Waals surface area contributed by atoms with E-state index in [1.54, 1.807) is 0 Å². The zero-order valence-corrected chi connectivity index (χ0v) is 11.6. The minimum absolute atomic E-state index is 0.381. The molecule has 0 amide bonds. The van der Waals surface area contributed by atoms with Crippen molar-refractivity contribution in [1.82, 2.24) is 14.9 Å². The van der Waals surface area contributed by atoms with Crippen molar-refractivity contribution >= 4 is 0 Å². The molecule has 19 heavy (non-hydrogen) atoms. The Morgan fingerprint density at radius 3 is 2.79 bits per heavy atom. The molecular weight excluding hydrogens is 234 g/mol. The van der Waals surface area contributed by atoms with E-state index in [9.17, 15) is 0 Å². The maximum absolute atomic E-state index is 4.21. The molecule has 0 radical (unpaired) electrons. The van der Waals surface area contributed by atoms with Gasteiger partial charge in [0, 0.05) is 12.4 Å². The Bertz CT molecular complexity index is 533. The lowest BCUT2D eigenvalue weighted by atomic mass is 9.78. The van der Waals surface area contributed by atoms with Gasteiger partial charge in [-0.25, -0.2) is 4.98 Å². The first kappa shape index (κ1) is 12.4. The summed E-state index contributed by atoms with van der Waals surface area (Å²) in [5, 5.41) is 3.65. The van der Waals surface area contributed by atoms with Crippen molar-refractivity contribution in [1.29, 1.82) is 0 Å². The Morgan fingerprint density at radius 2 is 2.11 bits per heavy atom. The van der Waals surface area contributed by atoms with Crippen LogP contribution in [-0.2, 0) is 0 Å². The van der Waals surface area contributed by atoms with Crippen LogP contribution < -0.4 is 5.32 Å². The predicted octanol–water partition coefficient (Wildman–Crippen LogP) is 3.28. The summed E-state index contributed by atoms with van der Waals surface area (Å²) in [5.74, 6) is 0.596. The molecule has 1 aliphatic rings. The van der Waals surface area contributed by atoms with Gasteiger partial charge in [-0.2, -0.15) is 0 Å². The van der Waals surface area contributed by atoms with Crippen molar-refractivity contribution in [3.63, 3.8) is 0 Å². The van der Waals surface area contributed by atoms with Crippen LogP contribution in [-0.4, -0.2) is 16.1 Å². The molecule has 1 aromatic carbocycles. The van der Waals surface area contributed by atoms with Crippen molar-refractivity contribution in [2.24, 2.45) is 0 Å². The van der Waals surface area contributed by atoms with Gasteiger partial charge in [0.25, 0.3) is 0 Å². The van der Waals surface area contributed by atoms with E-state index in [4.69, 9.17) is 0 Å². The summed E-state index contributed by atoms with van der Waals surface area (Å²) in [5.41, 5.74) is 2.94. The second-order valence-electron chi connectivity index (χ2n) is 5.38. The van der Waals surface area contributed by atoms with E-state index >= 15 is 0 Å². The zero-order chi connectivity index (χ0) is 13.2. The first-order chi connectivity index (χ1) is 9.31. The van der Waals surface area contributed by atoms with Gasteiger partial charge in [-0.15, -0.1) is 0 Å². The fraction of sp³-hybridized carbons (Fsp3) is 0.438. The molecule has 1 aromatic heterocycles. The minimum atomic E-state index is 0.381. The molecule has 1 heterocycles. The van der Waals surface area contributed by atoms with Crippen LogP contribution >= 0.6 is 0 Å². The molecular formula is C16H21N3. The van der Waals surface area contributed by atoms with Crippen molar-refractivity contribution in [3.05, 3.63) is 54.1 Å². The summed E-state index contributed by atoms with van der Waals surface area (Å²) < 4.78 is 2.25. The van der Waals surface area contributed by atoms with Gasteiger partial charge in [0.15, 0.2) is 0 Å². The maximum Gasteiger partial charge on any atom is 0.0949 e. The maximum atomic E-state index is 4.21. The molecule has 0 fully saturated rings. The molecule has 100 valence electrons. The van der Waals surface area contributed by atoms with E-state index in [0.717, 1.165) is 13.0 Å². The van der Waals surface area contributed by atoms with Crippen LogP contribution in [0.15, 0.2) is 43.0 Å². The second-order valence-corrected chi connectivity index (χ2v) is 5.38. The summed E-state index contributed by atoms with van der Waals surface area (Å²) in [4.78, 5) is 4.21. The van der Waals surface area contributed by atoms with E-state index < -0.39 is 0 Å². The average molecular weight is 255 g/mol. The number of hydrogen-bond acceptors (Lipinski definition) is 2. The summed E-state index contributed by atoms with van der Waals surface area (Å²) in [6.07, 6.45) is 7.05. The fourth-order valence-corrected chi connectivity index (χ4v) is 3.30. The molecule has 1 N–H and O–H groups in total. The lowest BCUT2D eigenvalue weighted by Crippen LogP contribution is -2.34. The Hall–Kier alpha value is -1.61. The minimum Gasteiger partial charge on any atom is -0.332 e. The number of fused-ring (bicyclic) bond motifs is 1. The Labute approximate surface area is 114 Å². The van der Waals surface area contributed by atoms with Crippen molar-refractivity contribution in [2.75, 3.05) is 6.54 Å². The molecule has 0 spiro atoms. The van der Waals surface area contributed by atoms with Gasteiger partial charge in [-0.3, -0.25) is 0 Å². The first-order valence-corrected chi connectivity index (χ1v) is 7.11. The number of likely N-dealkylation sites (N-methyl/N-ethyl adjacent to an activating group) is 1. The van der Waals surface area contributed by atoms with E-state index in [1.807, 2.05) is 12.5 Å². The van der Waals surface area contributed by atoms with Crippen molar-refractivity contribution in [3.8, 4) is 0 Å². The third kappa shape index (κ3) is 2.19. The van der Waals surface area contributed by atoms with Crippen LogP contribution in [0.3, 0.4) is 0 Å². The zero-order valence-electron chi connectivity index (χ0n) is 11.6. The number of benzene rings is 1. The van der Waals surface area contributed by atoms with Crippen LogP contribution in [0.25, 0.3) is 0 Å². The standard InChI is InChI=1S/C16H21N3/c1-3-18-16-14-7-5-4-6-13(14)12(2)10-15(16)19-9-8-17-11-19/h4-9,11-12,15-16,18H,3,10H2,1-2H3. The largest absolute Gasteiger partial charge is 0.332 e. The number of nitrogens with zero attached hydrogens (tertiary/aromatic N) is 2. The van der Waals surface area contributed by atoms with E-state index in [1.165, 1.54) is 11.1 Å². The summed E-state index contributed by atoms with van der Waals surface area (Å²) in [6.45, 7) is 5.48. The Balaban J connectivity index is 2.03. The average Bonchev–Trinajstić information content (AvgIpc) is 2.96. The van der Waals surface area contributed by atoms with Gasteiger partial charge in [0.1, 0.15) is 0 Å². The van der Waals surface area contributed by atoms with Gasteiger partial charge in [0.2, 0.25) is 0 Å². The number of imidazole rings is 1. The molecule has 1 aliphatic carbocycles. The normalized spacial score (nSPS) is 26.1. The van der Waals surface area contributed by atoms with Crippen molar-refractivity contribution in [2.45, 2.75) is 38.3 Å². The monoisotopic (exact) mass is 255 g/mol. The second kappa shape index (κ2) is 5.17. The summed E-state index contributed by atoms with van der Waals surface area (Å²) in [7, 11) is 0. The molecule has 0 aliphatic heterocycles. The topological polar surface area (TPSA) is 29.9 Å². The van der Waals surface area contributed by atoms with Gasteiger partial charge >= 0.3 is 0 Å². The van der Waals surface area contributed by atoms with Gasteiger partial charge in [-0.05, 0) is 30.0 Å². The lowest BCUT2D eigenvalue weighted by Gasteiger charge is -2.38. The van der Waals surface area contributed by atoms with E-state index in [-0.39, 0.29) is 0 Å². The quantitative estimate of drug-likeness (QED) is 0.912. The van der Waals surface area contributed by atoms with E-state index in [0.29, 0.717) is 18.0 Å². The SMILES string of the molecule is CCNC1c2ccccc2C(C)CC1n1ccnc1. The fourth-order valence-electron chi connectivity index (χ4n) is 3.30.